The van der Waals surface area contributed by atoms with Crippen LogP contribution in [0.5, 0.6) is 0 Å². The van der Waals surface area contributed by atoms with Crippen LogP contribution in [0.1, 0.15) is 57.3 Å². The molecule has 0 bridgehead atoms. The summed E-state index contributed by atoms with van der Waals surface area (Å²) in [6.07, 6.45) is 2.47. The van der Waals surface area contributed by atoms with Gasteiger partial charge in [-0.1, -0.05) is 19.0 Å². The van der Waals surface area contributed by atoms with Crippen molar-refractivity contribution in [3.05, 3.63) is 11.7 Å². The molecule has 0 saturated carbocycles. The van der Waals surface area contributed by atoms with Crippen molar-refractivity contribution in [1.29, 1.82) is 0 Å². The second-order valence-corrected chi connectivity index (χ2v) is 5.44. The second-order valence-electron chi connectivity index (χ2n) is 5.44. The molecule has 1 fully saturated rings. The van der Waals surface area contributed by atoms with Crippen molar-refractivity contribution in [3.8, 4) is 0 Å². The van der Waals surface area contributed by atoms with Gasteiger partial charge in [0.05, 0.1) is 6.04 Å². The van der Waals surface area contributed by atoms with E-state index in [2.05, 4.69) is 41.1 Å². The van der Waals surface area contributed by atoms with E-state index in [4.69, 9.17) is 4.52 Å². The van der Waals surface area contributed by atoms with E-state index in [9.17, 15) is 0 Å². The van der Waals surface area contributed by atoms with Crippen molar-refractivity contribution in [3.63, 3.8) is 0 Å². The predicted molar refractivity (Wildman–Crippen MR) is 70.5 cm³/mol. The maximum atomic E-state index is 5.39. The van der Waals surface area contributed by atoms with Gasteiger partial charge in [-0.05, 0) is 33.4 Å². The molecule has 2 heterocycles. The van der Waals surface area contributed by atoms with Crippen LogP contribution in [-0.2, 0) is 0 Å². The molecule has 5 heteroatoms. The van der Waals surface area contributed by atoms with Crippen molar-refractivity contribution >= 4 is 0 Å². The number of nitrogens with zero attached hydrogens (tertiary/aromatic N) is 3. The molecule has 2 atom stereocenters. The number of likely N-dealkylation sites (tertiary alicyclic amines) is 1. The molecule has 18 heavy (non-hydrogen) atoms. The Morgan fingerprint density at radius 2 is 2.17 bits per heavy atom. The molecule has 102 valence electrons. The summed E-state index contributed by atoms with van der Waals surface area (Å²) in [5.41, 5.74) is 0. The lowest BCUT2D eigenvalue weighted by Crippen LogP contribution is -2.45. The third kappa shape index (κ3) is 2.90. The lowest BCUT2D eigenvalue weighted by Gasteiger charge is -2.35. The SMILES string of the molecule is CNC1CCCN(C(C)c2nc(C(C)C)no2)C1. The fourth-order valence-electron chi connectivity index (χ4n) is 2.40. The molecule has 0 aromatic carbocycles. The topological polar surface area (TPSA) is 54.2 Å². The predicted octanol–water partition coefficient (Wildman–Crippen LogP) is 1.94. The number of rotatable bonds is 4. The van der Waals surface area contributed by atoms with Crippen molar-refractivity contribution in [2.75, 3.05) is 20.1 Å². The Hall–Kier alpha value is -0.940. The molecule has 1 aliphatic rings. The van der Waals surface area contributed by atoms with E-state index in [1.165, 1.54) is 12.8 Å². The highest BCUT2D eigenvalue weighted by Crippen LogP contribution is 2.24. The maximum Gasteiger partial charge on any atom is 0.243 e. The molecule has 0 spiro atoms. The van der Waals surface area contributed by atoms with Gasteiger partial charge in [0.25, 0.3) is 0 Å². The van der Waals surface area contributed by atoms with Crippen LogP contribution in [0.2, 0.25) is 0 Å². The first-order valence-corrected chi connectivity index (χ1v) is 6.86. The Kier molecular flexibility index (Phi) is 4.35. The minimum absolute atomic E-state index is 0.209. The van der Waals surface area contributed by atoms with E-state index in [1.54, 1.807) is 0 Å². The molecule has 0 amide bonds. The van der Waals surface area contributed by atoms with E-state index in [0.29, 0.717) is 12.0 Å². The number of nitrogens with one attached hydrogen (secondary N) is 1. The van der Waals surface area contributed by atoms with Crippen LogP contribution < -0.4 is 5.32 Å². The number of aromatic nitrogens is 2. The van der Waals surface area contributed by atoms with Gasteiger partial charge in [-0.3, -0.25) is 4.90 Å². The van der Waals surface area contributed by atoms with Crippen LogP contribution in [0.3, 0.4) is 0 Å². The Bertz CT molecular complexity index is 377. The second kappa shape index (κ2) is 5.80. The van der Waals surface area contributed by atoms with Gasteiger partial charge < -0.3 is 9.84 Å². The molecule has 2 unspecified atom stereocenters. The standard InChI is InChI=1S/C13H24N4O/c1-9(2)12-15-13(18-16-12)10(3)17-7-5-6-11(8-17)14-4/h9-11,14H,5-8H2,1-4H3. The van der Waals surface area contributed by atoms with Crippen LogP contribution in [0.4, 0.5) is 0 Å². The minimum atomic E-state index is 0.209. The summed E-state index contributed by atoms with van der Waals surface area (Å²) in [5, 5.41) is 7.40. The van der Waals surface area contributed by atoms with Crippen molar-refractivity contribution in [1.82, 2.24) is 20.4 Å². The number of piperidine rings is 1. The van der Waals surface area contributed by atoms with E-state index in [0.717, 1.165) is 24.8 Å². The zero-order chi connectivity index (χ0) is 13.1. The van der Waals surface area contributed by atoms with Crippen molar-refractivity contribution < 1.29 is 4.52 Å². The van der Waals surface area contributed by atoms with Crippen molar-refractivity contribution in [2.45, 2.75) is 51.6 Å². The molecule has 0 aliphatic carbocycles. The lowest BCUT2D eigenvalue weighted by atomic mass is 10.0. The van der Waals surface area contributed by atoms with Gasteiger partial charge in [0, 0.05) is 18.5 Å². The molecule has 1 saturated heterocycles. The summed E-state index contributed by atoms with van der Waals surface area (Å²) in [5.74, 6) is 1.87. The highest BCUT2D eigenvalue weighted by molar-refractivity contribution is 4.96. The van der Waals surface area contributed by atoms with Gasteiger partial charge in [-0.2, -0.15) is 4.98 Å². The van der Waals surface area contributed by atoms with Crippen LogP contribution >= 0.6 is 0 Å². The number of likely N-dealkylation sites (N-methyl/N-ethyl adjacent to an activating group) is 1. The summed E-state index contributed by atoms with van der Waals surface area (Å²) in [4.78, 5) is 6.91. The van der Waals surface area contributed by atoms with Crippen LogP contribution in [0.15, 0.2) is 4.52 Å². The average Bonchev–Trinajstić information content (AvgIpc) is 2.87. The smallest absolute Gasteiger partial charge is 0.243 e. The average molecular weight is 252 g/mol. The Balaban J connectivity index is 2.03. The molecule has 1 N–H and O–H groups in total. The van der Waals surface area contributed by atoms with Gasteiger partial charge in [-0.25, -0.2) is 0 Å². The molecule has 2 rings (SSSR count). The molecule has 5 nitrogen and oxygen atoms in total. The van der Waals surface area contributed by atoms with Crippen molar-refractivity contribution in [2.24, 2.45) is 0 Å². The van der Waals surface area contributed by atoms with Crippen LogP contribution in [0.25, 0.3) is 0 Å². The number of hydrogen-bond acceptors (Lipinski definition) is 5. The summed E-state index contributed by atoms with van der Waals surface area (Å²) in [6.45, 7) is 8.47. The summed E-state index contributed by atoms with van der Waals surface area (Å²) in [7, 11) is 2.03. The molecule has 1 aromatic rings. The number of hydrogen-bond donors (Lipinski definition) is 1. The largest absolute Gasteiger partial charge is 0.338 e. The summed E-state index contributed by atoms with van der Waals surface area (Å²) >= 11 is 0. The quantitative estimate of drug-likeness (QED) is 0.887. The van der Waals surface area contributed by atoms with E-state index < -0.39 is 0 Å². The highest BCUT2D eigenvalue weighted by Gasteiger charge is 2.27. The van der Waals surface area contributed by atoms with Gasteiger partial charge in [0.2, 0.25) is 5.89 Å². The Morgan fingerprint density at radius 1 is 1.39 bits per heavy atom. The molecule has 1 aromatic heterocycles. The van der Waals surface area contributed by atoms with Crippen LogP contribution in [0, 0.1) is 0 Å². The first-order chi connectivity index (χ1) is 8.61. The minimum Gasteiger partial charge on any atom is -0.338 e. The Labute approximate surface area is 109 Å². The molecule has 0 radical (unpaired) electrons. The van der Waals surface area contributed by atoms with Gasteiger partial charge in [0.15, 0.2) is 5.82 Å². The fourth-order valence-corrected chi connectivity index (χ4v) is 2.40. The normalized spacial score (nSPS) is 23.5. The van der Waals surface area contributed by atoms with Gasteiger partial charge in [-0.15, -0.1) is 0 Å². The monoisotopic (exact) mass is 252 g/mol. The molecular formula is C13H24N4O. The maximum absolute atomic E-state index is 5.39. The fraction of sp³-hybridized carbons (Fsp3) is 0.846. The summed E-state index contributed by atoms with van der Waals surface area (Å²) in [6, 6.07) is 0.787. The van der Waals surface area contributed by atoms with E-state index >= 15 is 0 Å². The zero-order valence-electron chi connectivity index (χ0n) is 11.8. The van der Waals surface area contributed by atoms with Gasteiger partial charge >= 0.3 is 0 Å². The molecular weight excluding hydrogens is 228 g/mol. The third-order valence-corrected chi connectivity index (χ3v) is 3.74. The lowest BCUT2D eigenvalue weighted by molar-refractivity contribution is 0.126. The van der Waals surface area contributed by atoms with E-state index in [1.807, 2.05) is 7.05 Å². The van der Waals surface area contributed by atoms with Gasteiger partial charge in [0.1, 0.15) is 0 Å². The zero-order valence-corrected chi connectivity index (χ0v) is 11.8. The first kappa shape index (κ1) is 13.5. The molecule has 1 aliphatic heterocycles. The Morgan fingerprint density at radius 3 is 2.78 bits per heavy atom. The van der Waals surface area contributed by atoms with E-state index in [-0.39, 0.29) is 6.04 Å². The first-order valence-electron chi connectivity index (χ1n) is 6.86. The highest BCUT2D eigenvalue weighted by atomic mass is 16.5. The summed E-state index contributed by atoms with van der Waals surface area (Å²) < 4.78 is 5.39. The third-order valence-electron chi connectivity index (χ3n) is 3.74. The van der Waals surface area contributed by atoms with Crippen LogP contribution in [-0.4, -0.2) is 41.2 Å².